The molecule has 0 aliphatic carbocycles. The summed E-state index contributed by atoms with van der Waals surface area (Å²) in [5.41, 5.74) is 16.4. The maximum Gasteiger partial charge on any atom is 0.410 e. The molecule has 3 fully saturated rings. The van der Waals surface area contributed by atoms with Gasteiger partial charge in [0.2, 0.25) is 0 Å². The van der Waals surface area contributed by atoms with Crippen LogP contribution in [0.15, 0.2) is 194 Å². The Morgan fingerprint density at radius 3 is 1.51 bits per heavy atom. The Bertz CT molecular complexity index is 4190. The molecule has 462 valence electrons. The Balaban J connectivity index is 0.000000129. The maximum absolute atomic E-state index is 14.8. The van der Waals surface area contributed by atoms with E-state index >= 15 is 0 Å². The average Bonchev–Trinajstić information content (AvgIpc) is 4.56. The van der Waals surface area contributed by atoms with E-state index in [1.54, 1.807) is 63.5 Å². The second kappa shape index (κ2) is 29.7. The summed E-state index contributed by atoms with van der Waals surface area (Å²) < 4.78 is 57.9. The van der Waals surface area contributed by atoms with E-state index in [1.165, 1.54) is 11.1 Å². The van der Waals surface area contributed by atoms with Crippen LogP contribution < -0.4 is 16.6 Å². The molecule has 12 heterocycles. The number of carbonyl (C=O) groups is 2. The van der Waals surface area contributed by atoms with Crippen molar-refractivity contribution in [3.05, 3.63) is 222 Å². The van der Waals surface area contributed by atoms with Gasteiger partial charge in [0, 0.05) is 92.2 Å². The van der Waals surface area contributed by atoms with Gasteiger partial charge in [-0.15, -0.1) is 0 Å². The lowest BCUT2D eigenvalue weighted by Gasteiger charge is -2.34. The second-order valence-corrected chi connectivity index (χ2v) is 22.1. The van der Waals surface area contributed by atoms with Crippen LogP contribution in [-0.2, 0) is 35.5 Å². The highest BCUT2D eigenvalue weighted by atomic mass is 19.1. The summed E-state index contributed by atoms with van der Waals surface area (Å²) >= 11 is 0. The van der Waals surface area contributed by atoms with E-state index in [9.17, 15) is 27.6 Å². The molecule has 2 amide bonds. The fourth-order valence-electron chi connectivity index (χ4n) is 10.9. The summed E-state index contributed by atoms with van der Waals surface area (Å²) in [6, 6.07) is 35.8. The van der Waals surface area contributed by atoms with Gasteiger partial charge in [-0.2, -0.15) is 15.3 Å². The number of H-pyrrole nitrogens is 1. The van der Waals surface area contributed by atoms with Gasteiger partial charge in [0.15, 0.2) is 0 Å². The monoisotopic (exact) mass is 1220 g/mol. The Morgan fingerprint density at radius 1 is 0.522 bits per heavy atom. The van der Waals surface area contributed by atoms with Gasteiger partial charge in [-0.1, -0.05) is 78.9 Å². The molecule has 2 unspecified atom stereocenters. The number of halogens is 3. The number of carbonyl (C=O) groups excluding carboxylic acids is 2. The molecule has 21 nitrogen and oxygen atoms in total. The standard InChI is InChI=1S/C25H24FN5O2.C17H18FN5.C13H17FN2O2.C11H8N4O/c26-22-9-11-30(25(32)33-17-18-6-2-1-3-7-18)16-19(22)12-20-13-27-15-23(29-20)21-14-28-31-10-5-4-8-24(21)31;18-15-4-5-19-8-12(15)7-13-9-20-11-16(22-13)14-10-21-23-6-2-1-3-17(14)23;14-11-6-7-16(8-12(11)15)13(17)18-9-10-4-2-1-3-5-10;16-11-7-12-6-9(14-11)8-5-13-15-4-2-1-3-10(8)15/h1-8,10,13-15,19,22H,9,11-12,16-17H2;1-3,6,9-12,15,19H,4-5,7-8H2;1-5,11-12H,6-9,15H2;1-7H,(H,14,16)/t19?,22-;12?,15-;11-,12+;/m111./s1. The lowest BCUT2D eigenvalue weighted by Crippen LogP contribution is -2.51. The smallest absolute Gasteiger partial charge is 0.410 e. The van der Waals surface area contributed by atoms with Crippen LogP contribution >= 0.6 is 0 Å². The summed E-state index contributed by atoms with van der Waals surface area (Å²) in [7, 11) is 0. The number of nitrogens with two attached hydrogens (primary N) is 1. The zero-order valence-corrected chi connectivity index (χ0v) is 49.1. The number of piperidine rings is 3. The molecular weight excluding hydrogens is 1150 g/mol. The largest absolute Gasteiger partial charge is 0.445 e. The number of hydrogen-bond donors (Lipinski definition) is 3. The molecule has 3 aliphatic heterocycles. The van der Waals surface area contributed by atoms with Crippen LogP contribution in [-0.4, -0.2) is 145 Å². The number of amides is 2. The number of fused-ring (bicyclic) bond motifs is 3. The first-order valence-corrected chi connectivity index (χ1v) is 29.7. The SMILES string of the molecule is F[C@@H]1CCNCC1Cc1cncc(-c2cnn3ccccc23)n1.N[C@H]1CN(C(=O)OCc2ccccc2)CC[C@H]1F.O=C(OCc1ccccc1)N1CC[C@@H](F)C(Cc2cncc(-c3cnn4ccccc34)n2)C1.O=c1cncc(-c2cnn3ccccc23)[nH]1. The molecule has 11 aromatic rings. The van der Waals surface area contributed by atoms with Crippen LogP contribution in [0.2, 0.25) is 0 Å². The maximum atomic E-state index is 14.8. The van der Waals surface area contributed by atoms with Crippen LogP contribution in [0.25, 0.3) is 50.3 Å². The van der Waals surface area contributed by atoms with Crippen molar-refractivity contribution in [2.45, 2.75) is 69.9 Å². The minimum Gasteiger partial charge on any atom is -0.445 e. The van der Waals surface area contributed by atoms with Crippen molar-refractivity contribution in [1.82, 2.24) is 73.9 Å². The lowest BCUT2D eigenvalue weighted by molar-refractivity contribution is 0.0536. The van der Waals surface area contributed by atoms with Gasteiger partial charge in [0.25, 0.3) is 5.56 Å². The fourth-order valence-corrected chi connectivity index (χ4v) is 10.9. The number of benzene rings is 2. The molecule has 9 aromatic heterocycles. The van der Waals surface area contributed by atoms with Gasteiger partial charge in [-0.05, 0) is 86.2 Å². The predicted octanol–water partition coefficient (Wildman–Crippen LogP) is 9.39. The highest BCUT2D eigenvalue weighted by Gasteiger charge is 2.34. The average molecular weight is 1220 g/mol. The molecule has 6 atom stereocenters. The molecule has 2 aromatic carbocycles. The highest BCUT2D eigenvalue weighted by molar-refractivity contribution is 5.79. The predicted molar refractivity (Wildman–Crippen MR) is 332 cm³/mol. The third-order valence-corrected chi connectivity index (χ3v) is 15.7. The van der Waals surface area contributed by atoms with Gasteiger partial charge in [-0.3, -0.25) is 19.7 Å². The van der Waals surface area contributed by atoms with Gasteiger partial charge in [0.1, 0.15) is 31.7 Å². The Morgan fingerprint density at radius 2 is 0.989 bits per heavy atom. The van der Waals surface area contributed by atoms with E-state index in [4.69, 9.17) is 20.2 Å². The highest BCUT2D eigenvalue weighted by Crippen LogP contribution is 2.28. The van der Waals surface area contributed by atoms with Crippen molar-refractivity contribution in [3.8, 4) is 33.8 Å². The van der Waals surface area contributed by atoms with Crippen LogP contribution in [0.4, 0.5) is 22.8 Å². The summed E-state index contributed by atoms with van der Waals surface area (Å²) in [4.78, 5) is 63.2. The van der Waals surface area contributed by atoms with Crippen molar-refractivity contribution >= 4 is 28.7 Å². The first kappa shape index (κ1) is 61.4. The second-order valence-electron chi connectivity index (χ2n) is 22.1. The summed E-state index contributed by atoms with van der Waals surface area (Å²) in [6.45, 7) is 3.10. The molecule has 90 heavy (non-hydrogen) atoms. The van der Waals surface area contributed by atoms with E-state index in [2.05, 4.69) is 45.5 Å². The fraction of sp³-hybridized carbons (Fsp3) is 0.288. The number of pyridine rings is 3. The van der Waals surface area contributed by atoms with Crippen LogP contribution in [0, 0.1) is 11.8 Å². The number of likely N-dealkylation sites (tertiary alicyclic amines) is 2. The van der Waals surface area contributed by atoms with Crippen LogP contribution in [0.1, 0.15) is 41.8 Å². The number of aromatic amines is 1. The quantitative estimate of drug-likeness (QED) is 0.109. The molecular formula is C66H67F3N16O5. The lowest BCUT2D eigenvalue weighted by atomic mass is 9.92. The minimum absolute atomic E-state index is 0.0304. The van der Waals surface area contributed by atoms with Crippen molar-refractivity contribution in [2.75, 3.05) is 39.3 Å². The topological polar surface area (TPSA) is 246 Å². The number of nitrogens with one attached hydrogen (secondary N) is 2. The van der Waals surface area contributed by atoms with E-state index in [0.29, 0.717) is 56.0 Å². The van der Waals surface area contributed by atoms with Crippen LogP contribution in [0.3, 0.4) is 0 Å². The zero-order chi connectivity index (χ0) is 62.2. The van der Waals surface area contributed by atoms with E-state index < -0.39 is 36.7 Å². The third-order valence-electron chi connectivity index (χ3n) is 15.7. The third kappa shape index (κ3) is 15.7. The molecule has 0 bridgehead atoms. The number of rotatable bonds is 11. The van der Waals surface area contributed by atoms with Gasteiger partial charge in [-0.25, -0.2) is 46.3 Å². The van der Waals surface area contributed by atoms with E-state index in [0.717, 1.165) is 62.3 Å². The van der Waals surface area contributed by atoms with E-state index in [-0.39, 0.29) is 56.5 Å². The summed E-state index contributed by atoms with van der Waals surface area (Å²) in [5, 5.41) is 16.1. The van der Waals surface area contributed by atoms with Crippen molar-refractivity contribution in [2.24, 2.45) is 17.6 Å². The van der Waals surface area contributed by atoms with Gasteiger partial charge in [0.05, 0.1) is 94.4 Å². The summed E-state index contributed by atoms with van der Waals surface area (Å²) in [5.74, 6) is -0.395. The first-order chi connectivity index (χ1) is 44.0. The van der Waals surface area contributed by atoms with E-state index in [1.807, 2.05) is 138 Å². The molecule has 14 rings (SSSR count). The first-order valence-electron chi connectivity index (χ1n) is 29.7. The van der Waals surface area contributed by atoms with Crippen LogP contribution in [0.5, 0.6) is 0 Å². The number of aromatic nitrogens is 12. The number of hydrogen-bond acceptors (Lipinski definition) is 15. The van der Waals surface area contributed by atoms with Gasteiger partial charge < -0.3 is 35.3 Å². The molecule has 3 aliphatic rings. The van der Waals surface area contributed by atoms with Gasteiger partial charge >= 0.3 is 12.2 Å². The molecule has 4 N–H and O–H groups in total. The minimum atomic E-state index is -1.02. The molecule has 3 saturated heterocycles. The molecule has 0 radical (unpaired) electrons. The van der Waals surface area contributed by atoms with Crippen molar-refractivity contribution in [1.29, 1.82) is 0 Å². The number of alkyl halides is 3. The Labute approximate surface area is 515 Å². The molecule has 24 heteroatoms. The number of ether oxygens (including phenoxy) is 2. The zero-order valence-electron chi connectivity index (χ0n) is 49.1. The van der Waals surface area contributed by atoms with Crippen molar-refractivity contribution < 1.29 is 32.2 Å². The number of nitrogens with zero attached hydrogens (tertiary/aromatic N) is 13. The molecule has 0 saturated carbocycles. The normalized spacial score (nSPS) is 18.9. The molecule has 0 spiro atoms. The Kier molecular flexibility index (Phi) is 20.3. The van der Waals surface area contributed by atoms with Crippen molar-refractivity contribution in [3.63, 3.8) is 0 Å². The summed E-state index contributed by atoms with van der Waals surface area (Å²) in [6.07, 6.45) is 19.1. The Hall–Kier alpha value is -10.2.